The van der Waals surface area contributed by atoms with Gasteiger partial charge in [-0.3, -0.25) is 0 Å². The molecule has 0 saturated carbocycles. The fraction of sp³-hybridized carbons (Fsp3) is 0.238. The molecule has 0 spiro atoms. The molecule has 2 aromatic heterocycles. The number of nitrogens with zero attached hydrogens (tertiary/aromatic N) is 4. The Bertz CT molecular complexity index is 1160. The highest BCUT2D eigenvalue weighted by Crippen LogP contribution is 2.32. The lowest BCUT2D eigenvalue weighted by molar-refractivity contribution is -0.159. The van der Waals surface area contributed by atoms with Gasteiger partial charge in [0.05, 0.1) is 6.61 Å². The van der Waals surface area contributed by atoms with Gasteiger partial charge in [0.25, 0.3) is 5.89 Å². The minimum atomic E-state index is -4.69. The smallest absolute Gasteiger partial charge is 0.471 e. The van der Waals surface area contributed by atoms with Crippen LogP contribution in [0.3, 0.4) is 0 Å². The highest BCUT2D eigenvalue weighted by Gasteiger charge is 2.38. The van der Waals surface area contributed by atoms with Crippen LogP contribution in [-0.4, -0.2) is 26.9 Å². The van der Waals surface area contributed by atoms with E-state index in [9.17, 15) is 13.2 Å². The highest BCUT2D eigenvalue weighted by molar-refractivity contribution is 5.61. The average molecular weight is 430 g/mol. The first kappa shape index (κ1) is 20.6. The average Bonchev–Trinajstić information content (AvgIpc) is 3.40. The van der Waals surface area contributed by atoms with Crippen LogP contribution in [0.15, 0.2) is 51.5 Å². The molecule has 4 rings (SSSR count). The van der Waals surface area contributed by atoms with Crippen LogP contribution >= 0.6 is 0 Å². The van der Waals surface area contributed by atoms with E-state index in [0.29, 0.717) is 36.1 Å². The fourth-order valence-corrected chi connectivity index (χ4v) is 3.06. The molecular formula is C21H17F3N4O3. The lowest BCUT2D eigenvalue weighted by atomic mass is 10.1. The Labute approximate surface area is 174 Å². The van der Waals surface area contributed by atoms with E-state index in [-0.39, 0.29) is 5.82 Å². The Hall–Kier alpha value is -3.69. The molecule has 0 unspecified atom stereocenters. The predicted molar refractivity (Wildman–Crippen MR) is 103 cm³/mol. The van der Waals surface area contributed by atoms with Crippen molar-refractivity contribution in [3.05, 3.63) is 65.3 Å². The summed E-state index contributed by atoms with van der Waals surface area (Å²) in [5, 5.41) is 7.38. The van der Waals surface area contributed by atoms with Crippen molar-refractivity contribution >= 4 is 0 Å². The zero-order chi connectivity index (χ0) is 22.0. The summed E-state index contributed by atoms with van der Waals surface area (Å²) in [6.07, 6.45) is -4.26. The second-order valence-corrected chi connectivity index (χ2v) is 6.84. The van der Waals surface area contributed by atoms with Gasteiger partial charge in [-0.05, 0) is 49.2 Å². The normalized spacial score (nSPS) is 11.6. The largest absolute Gasteiger partial charge is 0.493 e. The molecule has 4 aromatic rings. The van der Waals surface area contributed by atoms with Crippen molar-refractivity contribution in [2.24, 2.45) is 0 Å². The molecule has 2 heterocycles. The van der Waals surface area contributed by atoms with Crippen LogP contribution in [0.4, 0.5) is 13.2 Å². The van der Waals surface area contributed by atoms with Crippen LogP contribution in [0.2, 0.25) is 0 Å². The maximum Gasteiger partial charge on any atom is 0.471 e. The molecule has 0 saturated heterocycles. The van der Waals surface area contributed by atoms with Crippen LogP contribution < -0.4 is 4.74 Å². The predicted octanol–water partition coefficient (Wildman–Crippen LogP) is 5.04. The van der Waals surface area contributed by atoms with Gasteiger partial charge in [-0.15, -0.1) is 0 Å². The summed E-state index contributed by atoms with van der Waals surface area (Å²) in [5.41, 5.74) is 2.70. The quantitative estimate of drug-likeness (QED) is 0.423. The molecule has 0 aliphatic heterocycles. The van der Waals surface area contributed by atoms with Crippen molar-refractivity contribution in [2.45, 2.75) is 26.4 Å². The van der Waals surface area contributed by atoms with E-state index in [0.717, 1.165) is 16.7 Å². The van der Waals surface area contributed by atoms with E-state index < -0.39 is 12.1 Å². The highest BCUT2D eigenvalue weighted by atomic mass is 19.4. The van der Waals surface area contributed by atoms with Gasteiger partial charge < -0.3 is 13.8 Å². The maximum atomic E-state index is 12.7. The van der Waals surface area contributed by atoms with Crippen LogP contribution in [-0.2, 0) is 12.6 Å². The maximum absolute atomic E-state index is 12.7. The van der Waals surface area contributed by atoms with Crippen molar-refractivity contribution in [3.63, 3.8) is 0 Å². The third kappa shape index (κ3) is 4.57. The van der Waals surface area contributed by atoms with Crippen molar-refractivity contribution in [2.75, 3.05) is 6.61 Å². The molecule has 0 atom stereocenters. The summed E-state index contributed by atoms with van der Waals surface area (Å²) in [4.78, 5) is 7.78. The van der Waals surface area contributed by atoms with Gasteiger partial charge in [0.15, 0.2) is 5.82 Å². The van der Waals surface area contributed by atoms with Crippen LogP contribution in [0.5, 0.6) is 5.75 Å². The van der Waals surface area contributed by atoms with E-state index in [1.807, 2.05) is 30.3 Å². The monoisotopic (exact) mass is 430 g/mol. The van der Waals surface area contributed by atoms with Crippen LogP contribution in [0.1, 0.15) is 22.8 Å². The molecule has 2 aromatic carbocycles. The molecule has 0 aliphatic carbocycles. The van der Waals surface area contributed by atoms with E-state index in [2.05, 4.69) is 24.8 Å². The summed E-state index contributed by atoms with van der Waals surface area (Å²) in [6, 6.07) is 12.7. The van der Waals surface area contributed by atoms with E-state index in [1.54, 1.807) is 26.0 Å². The molecule has 0 amide bonds. The summed E-state index contributed by atoms with van der Waals surface area (Å²) < 4.78 is 53.5. The SMILES string of the molecule is Cc1cc(-c2noc(C(F)(F)F)n2)cc(C)c1OCCc1noc(-c2ccccc2)n1. The summed E-state index contributed by atoms with van der Waals surface area (Å²) in [5.74, 6) is 0.0522. The molecule has 0 fully saturated rings. The third-order valence-electron chi connectivity index (χ3n) is 4.45. The third-order valence-corrected chi connectivity index (χ3v) is 4.45. The molecular weight excluding hydrogens is 413 g/mol. The van der Waals surface area contributed by atoms with Crippen LogP contribution in [0.25, 0.3) is 22.8 Å². The fourth-order valence-electron chi connectivity index (χ4n) is 3.06. The lowest BCUT2D eigenvalue weighted by Gasteiger charge is -2.12. The number of ether oxygens (including phenoxy) is 1. The number of aromatic nitrogens is 4. The van der Waals surface area contributed by atoms with Crippen molar-refractivity contribution < 1.29 is 27.0 Å². The van der Waals surface area contributed by atoms with Gasteiger partial charge in [-0.1, -0.05) is 28.5 Å². The Morgan fingerprint density at radius 3 is 2.26 bits per heavy atom. The first-order chi connectivity index (χ1) is 14.8. The standard InChI is InChI=1S/C21H17F3N4O3/c1-12-10-15(18-26-20(31-28-18)21(22,23)24)11-13(2)17(12)29-9-8-16-25-19(30-27-16)14-6-4-3-5-7-14/h3-7,10-11H,8-9H2,1-2H3. The van der Waals surface area contributed by atoms with Crippen molar-refractivity contribution in [1.82, 2.24) is 20.3 Å². The van der Waals surface area contributed by atoms with E-state index in [4.69, 9.17) is 9.26 Å². The second-order valence-electron chi connectivity index (χ2n) is 6.84. The first-order valence-corrected chi connectivity index (χ1v) is 9.34. The molecule has 0 N–H and O–H groups in total. The molecule has 0 bridgehead atoms. The summed E-state index contributed by atoms with van der Waals surface area (Å²) in [6.45, 7) is 3.88. The number of rotatable bonds is 6. The number of hydrogen-bond donors (Lipinski definition) is 0. The van der Waals surface area contributed by atoms with Crippen molar-refractivity contribution in [3.8, 4) is 28.6 Å². The number of hydrogen-bond acceptors (Lipinski definition) is 7. The number of benzene rings is 2. The van der Waals surface area contributed by atoms with Gasteiger partial charge in [-0.25, -0.2) is 0 Å². The van der Waals surface area contributed by atoms with Gasteiger partial charge in [0.1, 0.15) is 5.75 Å². The molecule has 31 heavy (non-hydrogen) atoms. The van der Waals surface area contributed by atoms with E-state index in [1.165, 1.54) is 0 Å². The van der Waals surface area contributed by atoms with Gasteiger partial charge in [0.2, 0.25) is 5.82 Å². The topological polar surface area (TPSA) is 87.1 Å². The Balaban J connectivity index is 1.43. The molecule has 10 heteroatoms. The van der Waals surface area contributed by atoms with Crippen LogP contribution in [0, 0.1) is 13.8 Å². The molecule has 0 aliphatic rings. The Morgan fingerprint density at radius 1 is 0.903 bits per heavy atom. The number of halogens is 3. The zero-order valence-corrected chi connectivity index (χ0v) is 16.6. The minimum Gasteiger partial charge on any atom is -0.493 e. The number of alkyl halides is 3. The van der Waals surface area contributed by atoms with E-state index >= 15 is 0 Å². The Kier molecular flexibility index (Phi) is 5.45. The van der Waals surface area contributed by atoms with Gasteiger partial charge in [-0.2, -0.15) is 23.1 Å². The zero-order valence-electron chi connectivity index (χ0n) is 16.6. The van der Waals surface area contributed by atoms with Gasteiger partial charge >= 0.3 is 12.1 Å². The molecule has 160 valence electrons. The molecule has 7 nitrogen and oxygen atoms in total. The Morgan fingerprint density at radius 2 is 1.61 bits per heavy atom. The lowest BCUT2D eigenvalue weighted by Crippen LogP contribution is -2.06. The second kappa shape index (κ2) is 8.21. The van der Waals surface area contributed by atoms with Crippen molar-refractivity contribution in [1.29, 1.82) is 0 Å². The minimum absolute atomic E-state index is 0.134. The number of aryl methyl sites for hydroxylation is 2. The summed E-state index contributed by atoms with van der Waals surface area (Å²) >= 11 is 0. The van der Waals surface area contributed by atoms with Gasteiger partial charge in [0, 0.05) is 17.5 Å². The molecule has 0 radical (unpaired) electrons. The first-order valence-electron chi connectivity index (χ1n) is 9.34. The summed E-state index contributed by atoms with van der Waals surface area (Å²) in [7, 11) is 0.